The van der Waals surface area contributed by atoms with Gasteiger partial charge in [0.1, 0.15) is 0 Å². The van der Waals surface area contributed by atoms with E-state index in [0.717, 1.165) is 26.2 Å². The Labute approximate surface area is 194 Å². The fraction of sp³-hybridized carbons (Fsp3) is 0.267. The van der Waals surface area contributed by atoms with E-state index in [9.17, 15) is 0 Å². The summed E-state index contributed by atoms with van der Waals surface area (Å²) in [6.07, 6.45) is 8.69. The van der Waals surface area contributed by atoms with E-state index in [-0.39, 0.29) is 0 Å². The minimum absolute atomic E-state index is 1.04. The van der Waals surface area contributed by atoms with E-state index in [0.29, 0.717) is 0 Å². The molecule has 2 nitrogen and oxygen atoms in total. The van der Waals surface area contributed by atoms with Crippen molar-refractivity contribution in [2.75, 3.05) is 36.0 Å². The van der Waals surface area contributed by atoms with E-state index >= 15 is 0 Å². The molecule has 0 heterocycles. The molecule has 0 fully saturated rings. The lowest BCUT2D eigenvalue weighted by Gasteiger charge is -2.20. The van der Waals surface area contributed by atoms with Gasteiger partial charge in [-0.2, -0.15) is 0 Å². The molecule has 0 aliphatic heterocycles. The number of anilines is 2. The number of rotatable bonds is 10. The summed E-state index contributed by atoms with van der Waals surface area (Å²) in [5.74, 6) is 0. The third-order valence-corrected chi connectivity index (χ3v) is 5.92. The molecule has 0 radical (unpaired) electrons. The summed E-state index contributed by atoms with van der Waals surface area (Å²) in [6, 6.07) is 26.2. The molecular weight excluding hydrogens is 388 g/mol. The summed E-state index contributed by atoms with van der Waals surface area (Å²) >= 11 is 0. The van der Waals surface area contributed by atoms with Crippen molar-refractivity contribution in [2.45, 2.75) is 27.7 Å². The van der Waals surface area contributed by atoms with Crippen molar-refractivity contribution in [3.05, 3.63) is 95.1 Å². The second kappa shape index (κ2) is 12.0. The van der Waals surface area contributed by atoms with Gasteiger partial charge in [0.25, 0.3) is 0 Å². The van der Waals surface area contributed by atoms with Gasteiger partial charge in [0.05, 0.1) is 0 Å². The Morgan fingerprint density at radius 3 is 0.844 bits per heavy atom. The fourth-order valence-corrected chi connectivity index (χ4v) is 3.87. The summed E-state index contributed by atoms with van der Waals surface area (Å²) in [4.78, 5) is 4.72. The van der Waals surface area contributed by atoms with E-state index in [2.05, 4.69) is 135 Å². The highest BCUT2D eigenvalue weighted by molar-refractivity contribution is 5.73. The first kappa shape index (κ1) is 23.4. The minimum atomic E-state index is 1.04. The number of nitrogens with zero attached hydrogens (tertiary/aromatic N) is 2. The van der Waals surface area contributed by atoms with Crippen molar-refractivity contribution in [3.63, 3.8) is 0 Å². The van der Waals surface area contributed by atoms with Crippen LogP contribution in [0.15, 0.2) is 72.8 Å². The zero-order valence-corrected chi connectivity index (χ0v) is 20.0. The number of benzene rings is 3. The highest BCUT2D eigenvalue weighted by atomic mass is 15.1. The van der Waals surface area contributed by atoms with E-state index < -0.39 is 0 Å². The van der Waals surface area contributed by atoms with Crippen molar-refractivity contribution in [2.24, 2.45) is 0 Å². The van der Waals surface area contributed by atoms with Gasteiger partial charge in [0, 0.05) is 37.6 Å². The molecule has 166 valence electrons. The van der Waals surface area contributed by atoms with Gasteiger partial charge in [-0.25, -0.2) is 0 Å². The SMILES string of the molecule is CCN(CC)c1ccc(/C=C/c2ccc(/C=C/c3ccc(N(CC)CC)cc3)cc2)cc1. The van der Waals surface area contributed by atoms with Crippen molar-refractivity contribution in [1.82, 2.24) is 0 Å². The number of hydrogen-bond donors (Lipinski definition) is 0. The maximum atomic E-state index is 2.36. The highest BCUT2D eigenvalue weighted by Crippen LogP contribution is 2.18. The van der Waals surface area contributed by atoms with E-state index in [1.807, 2.05) is 0 Å². The van der Waals surface area contributed by atoms with Gasteiger partial charge in [-0.05, 0) is 74.2 Å². The molecule has 0 atom stereocenters. The number of hydrogen-bond acceptors (Lipinski definition) is 2. The lowest BCUT2D eigenvalue weighted by molar-refractivity contribution is 0.866. The van der Waals surface area contributed by atoms with Crippen LogP contribution in [-0.2, 0) is 0 Å². The van der Waals surface area contributed by atoms with Crippen molar-refractivity contribution in [3.8, 4) is 0 Å². The smallest absolute Gasteiger partial charge is 0.0366 e. The average molecular weight is 425 g/mol. The zero-order chi connectivity index (χ0) is 22.8. The van der Waals surface area contributed by atoms with Crippen molar-refractivity contribution in [1.29, 1.82) is 0 Å². The molecule has 0 N–H and O–H groups in total. The Bertz CT molecular complexity index is 904. The molecule has 0 bridgehead atoms. The van der Waals surface area contributed by atoms with Gasteiger partial charge in [-0.3, -0.25) is 0 Å². The molecule has 32 heavy (non-hydrogen) atoms. The molecule has 0 aliphatic carbocycles. The monoisotopic (exact) mass is 424 g/mol. The first-order valence-electron chi connectivity index (χ1n) is 11.8. The molecule has 0 aromatic heterocycles. The maximum absolute atomic E-state index is 2.36. The summed E-state index contributed by atoms with van der Waals surface area (Å²) in [5, 5.41) is 0. The standard InChI is InChI=1S/C30H36N2/c1-5-31(6-2)29-21-17-27(18-22-29)15-13-25-9-11-26(12-10-25)14-16-28-19-23-30(24-20-28)32(7-3)8-4/h9-24H,5-8H2,1-4H3/b15-13+,16-14+. The van der Waals surface area contributed by atoms with E-state index in [1.165, 1.54) is 33.6 Å². The molecule has 2 heteroatoms. The molecule has 0 unspecified atom stereocenters. The Hall–Kier alpha value is -3.26. The molecule has 0 amide bonds. The van der Waals surface area contributed by atoms with Crippen LogP contribution in [0.4, 0.5) is 11.4 Å². The molecule has 0 saturated carbocycles. The molecule has 0 aliphatic rings. The normalized spacial score (nSPS) is 11.4. The Morgan fingerprint density at radius 2 is 0.625 bits per heavy atom. The van der Waals surface area contributed by atoms with Crippen LogP contribution < -0.4 is 9.80 Å². The van der Waals surface area contributed by atoms with Crippen molar-refractivity contribution < 1.29 is 0 Å². The Morgan fingerprint density at radius 1 is 0.406 bits per heavy atom. The quantitative estimate of drug-likeness (QED) is 0.307. The van der Waals surface area contributed by atoms with Gasteiger partial charge in [0.2, 0.25) is 0 Å². The Kier molecular flexibility index (Phi) is 8.74. The first-order chi connectivity index (χ1) is 15.7. The van der Waals surface area contributed by atoms with E-state index in [1.54, 1.807) is 0 Å². The second-order valence-corrected chi connectivity index (χ2v) is 7.86. The predicted molar refractivity (Wildman–Crippen MR) is 144 cm³/mol. The van der Waals surface area contributed by atoms with Crippen LogP contribution >= 0.6 is 0 Å². The van der Waals surface area contributed by atoms with E-state index in [4.69, 9.17) is 0 Å². The molecular formula is C30H36N2. The van der Waals surface area contributed by atoms with Gasteiger partial charge in [-0.15, -0.1) is 0 Å². The molecule has 3 rings (SSSR count). The van der Waals surface area contributed by atoms with Crippen LogP contribution in [0.3, 0.4) is 0 Å². The summed E-state index contributed by atoms with van der Waals surface area (Å²) in [7, 11) is 0. The van der Waals surface area contributed by atoms with Gasteiger partial charge in [0.15, 0.2) is 0 Å². The largest absolute Gasteiger partial charge is 0.372 e. The maximum Gasteiger partial charge on any atom is 0.0366 e. The fourth-order valence-electron chi connectivity index (χ4n) is 3.87. The molecule has 3 aromatic carbocycles. The van der Waals surface area contributed by atoms with Crippen LogP contribution in [0, 0.1) is 0 Å². The van der Waals surface area contributed by atoms with Gasteiger partial charge >= 0.3 is 0 Å². The summed E-state index contributed by atoms with van der Waals surface area (Å²) in [6.45, 7) is 12.9. The summed E-state index contributed by atoms with van der Waals surface area (Å²) in [5.41, 5.74) is 7.42. The van der Waals surface area contributed by atoms with Crippen LogP contribution in [0.2, 0.25) is 0 Å². The molecule has 0 spiro atoms. The topological polar surface area (TPSA) is 6.48 Å². The lowest BCUT2D eigenvalue weighted by atomic mass is 10.1. The third kappa shape index (κ3) is 6.37. The van der Waals surface area contributed by atoms with Crippen molar-refractivity contribution >= 4 is 35.7 Å². The predicted octanol–water partition coefficient (Wildman–Crippen LogP) is 7.72. The van der Waals surface area contributed by atoms with Crippen LogP contribution in [0.5, 0.6) is 0 Å². The summed E-state index contributed by atoms with van der Waals surface area (Å²) < 4.78 is 0. The highest BCUT2D eigenvalue weighted by Gasteiger charge is 2.01. The van der Waals surface area contributed by atoms with Crippen LogP contribution in [0.1, 0.15) is 49.9 Å². The second-order valence-electron chi connectivity index (χ2n) is 7.86. The lowest BCUT2D eigenvalue weighted by Crippen LogP contribution is -2.21. The first-order valence-corrected chi connectivity index (χ1v) is 11.8. The third-order valence-electron chi connectivity index (χ3n) is 5.92. The van der Waals surface area contributed by atoms with Crippen LogP contribution in [-0.4, -0.2) is 26.2 Å². The Balaban J connectivity index is 1.60. The van der Waals surface area contributed by atoms with Crippen LogP contribution in [0.25, 0.3) is 24.3 Å². The minimum Gasteiger partial charge on any atom is -0.372 e. The molecule has 3 aromatic rings. The average Bonchev–Trinajstić information content (AvgIpc) is 2.85. The van der Waals surface area contributed by atoms with Gasteiger partial charge < -0.3 is 9.80 Å². The zero-order valence-electron chi connectivity index (χ0n) is 20.0. The van der Waals surface area contributed by atoms with Gasteiger partial charge in [-0.1, -0.05) is 72.8 Å². The molecule has 0 saturated heterocycles.